The maximum Gasteiger partial charge on any atom is 0.322 e. The van der Waals surface area contributed by atoms with Crippen molar-refractivity contribution in [1.29, 1.82) is 0 Å². The lowest BCUT2D eigenvalue weighted by Crippen LogP contribution is -2.40. The molecule has 0 bridgehead atoms. The summed E-state index contributed by atoms with van der Waals surface area (Å²) in [6.45, 7) is 2.26. The number of carbonyl (C=O) groups is 1. The third-order valence-corrected chi connectivity index (χ3v) is 5.08. The molecule has 1 N–H and O–H groups in total. The predicted octanol–water partition coefficient (Wildman–Crippen LogP) is 4.11. The number of hydrogen-bond acceptors (Lipinski definition) is 4. The molecule has 3 aromatic rings. The molecule has 2 aliphatic heterocycles. The average Bonchev–Trinajstić information content (AvgIpc) is 3.05. The highest BCUT2D eigenvalue weighted by molar-refractivity contribution is 5.96. The standard InChI is InChI=1S/C20H17N3O3/c1-11-16-13-8-9-14-17(19(13)25-10-15(16)26-22-11)18(23(2)20(24)21-14)12-6-4-3-5-7-12/h3-9,18H,10H2,1-2H3,(H,21,24). The quantitative estimate of drug-likeness (QED) is 0.719. The van der Waals surface area contributed by atoms with Crippen LogP contribution in [0.1, 0.15) is 28.6 Å². The van der Waals surface area contributed by atoms with E-state index in [2.05, 4.69) is 10.5 Å². The van der Waals surface area contributed by atoms with Crippen molar-refractivity contribution >= 4 is 11.7 Å². The lowest BCUT2D eigenvalue weighted by molar-refractivity contribution is 0.205. The van der Waals surface area contributed by atoms with Gasteiger partial charge in [0, 0.05) is 18.2 Å². The molecule has 0 aliphatic carbocycles. The van der Waals surface area contributed by atoms with Crippen LogP contribution in [0.2, 0.25) is 0 Å². The Morgan fingerprint density at radius 3 is 2.81 bits per heavy atom. The number of rotatable bonds is 1. The van der Waals surface area contributed by atoms with Gasteiger partial charge in [-0.05, 0) is 24.6 Å². The first-order valence-corrected chi connectivity index (χ1v) is 8.49. The number of ether oxygens (including phenoxy) is 1. The Kier molecular flexibility index (Phi) is 3.09. The molecule has 6 heteroatoms. The molecule has 1 atom stereocenters. The van der Waals surface area contributed by atoms with E-state index in [1.807, 2.05) is 49.4 Å². The molecule has 2 aliphatic rings. The Hall–Kier alpha value is -3.28. The Morgan fingerprint density at radius 2 is 2.00 bits per heavy atom. The molecule has 0 saturated heterocycles. The van der Waals surface area contributed by atoms with E-state index in [1.54, 1.807) is 11.9 Å². The summed E-state index contributed by atoms with van der Waals surface area (Å²) in [5, 5.41) is 7.04. The molecule has 0 saturated carbocycles. The molecule has 130 valence electrons. The van der Waals surface area contributed by atoms with Gasteiger partial charge in [0.2, 0.25) is 0 Å². The number of amides is 2. The number of hydrogen-bond donors (Lipinski definition) is 1. The second-order valence-corrected chi connectivity index (χ2v) is 6.61. The Morgan fingerprint density at radius 1 is 1.19 bits per heavy atom. The second kappa shape index (κ2) is 5.36. The molecule has 2 amide bonds. The fourth-order valence-electron chi connectivity index (χ4n) is 3.87. The lowest BCUT2D eigenvalue weighted by Gasteiger charge is -2.37. The van der Waals surface area contributed by atoms with Crippen LogP contribution in [0.3, 0.4) is 0 Å². The number of urea groups is 1. The Bertz CT molecular complexity index is 1030. The van der Waals surface area contributed by atoms with Crippen LogP contribution in [0, 0.1) is 6.92 Å². The molecular formula is C20H17N3O3. The number of nitrogens with zero attached hydrogens (tertiary/aromatic N) is 2. The highest BCUT2D eigenvalue weighted by Crippen LogP contribution is 2.50. The minimum absolute atomic E-state index is 0.135. The largest absolute Gasteiger partial charge is 0.484 e. The Labute approximate surface area is 150 Å². The number of fused-ring (bicyclic) bond motifs is 5. The van der Waals surface area contributed by atoms with Crippen molar-refractivity contribution in [2.75, 3.05) is 12.4 Å². The number of aromatic nitrogens is 1. The van der Waals surface area contributed by atoms with Crippen LogP contribution < -0.4 is 10.1 Å². The highest BCUT2D eigenvalue weighted by atomic mass is 16.5. The van der Waals surface area contributed by atoms with Gasteiger partial charge in [0.1, 0.15) is 12.4 Å². The van der Waals surface area contributed by atoms with E-state index in [0.717, 1.165) is 45.1 Å². The third kappa shape index (κ3) is 1.98. The van der Waals surface area contributed by atoms with E-state index >= 15 is 0 Å². The van der Waals surface area contributed by atoms with Crippen LogP contribution in [0.5, 0.6) is 5.75 Å². The van der Waals surface area contributed by atoms with Crippen LogP contribution in [0.4, 0.5) is 10.5 Å². The molecule has 0 radical (unpaired) electrons. The summed E-state index contributed by atoms with van der Waals surface area (Å²) in [6.07, 6.45) is 0. The van der Waals surface area contributed by atoms with Crippen molar-refractivity contribution in [1.82, 2.24) is 10.1 Å². The first-order chi connectivity index (χ1) is 12.6. The van der Waals surface area contributed by atoms with Gasteiger partial charge in [-0.15, -0.1) is 0 Å². The van der Waals surface area contributed by atoms with Gasteiger partial charge in [0.25, 0.3) is 0 Å². The second-order valence-electron chi connectivity index (χ2n) is 6.61. The highest BCUT2D eigenvalue weighted by Gasteiger charge is 2.37. The van der Waals surface area contributed by atoms with Crippen molar-refractivity contribution in [3.05, 3.63) is 65.0 Å². The van der Waals surface area contributed by atoms with Crippen molar-refractivity contribution in [2.24, 2.45) is 0 Å². The molecule has 2 aromatic carbocycles. The van der Waals surface area contributed by atoms with Crippen LogP contribution >= 0.6 is 0 Å². The van der Waals surface area contributed by atoms with Gasteiger partial charge in [0.05, 0.1) is 23.0 Å². The molecule has 3 heterocycles. The maximum absolute atomic E-state index is 12.5. The summed E-state index contributed by atoms with van der Waals surface area (Å²) in [5.74, 6) is 1.52. The van der Waals surface area contributed by atoms with E-state index in [9.17, 15) is 4.79 Å². The normalized spacial score (nSPS) is 17.7. The van der Waals surface area contributed by atoms with Gasteiger partial charge in [-0.25, -0.2) is 4.79 Å². The fourth-order valence-corrected chi connectivity index (χ4v) is 3.87. The molecule has 5 rings (SSSR count). The van der Waals surface area contributed by atoms with Crippen molar-refractivity contribution in [3.63, 3.8) is 0 Å². The summed E-state index contributed by atoms with van der Waals surface area (Å²) >= 11 is 0. The lowest BCUT2D eigenvalue weighted by atomic mass is 9.89. The van der Waals surface area contributed by atoms with E-state index < -0.39 is 0 Å². The van der Waals surface area contributed by atoms with Crippen molar-refractivity contribution in [3.8, 4) is 16.9 Å². The summed E-state index contributed by atoms with van der Waals surface area (Å²) in [6, 6.07) is 13.5. The molecule has 1 unspecified atom stereocenters. The summed E-state index contributed by atoms with van der Waals surface area (Å²) in [5.41, 5.74) is 5.56. The first kappa shape index (κ1) is 15.0. The van der Waals surface area contributed by atoms with Gasteiger partial charge >= 0.3 is 6.03 Å². The molecule has 6 nitrogen and oxygen atoms in total. The van der Waals surface area contributed by atoms with Crippen LogP contribution in [-0.2, 0) is 6.61 Å². The minimum Gasteiger partial charge on any atom is -0.484 e. The van der Waals surface area contributed by atoms with Gasteiger partial charge in [-0.2, -0.15) is 0 Å². The maximum atomic E-state index is 12.5. The van der Waals surface area contributed by atoms with Crippen LogP contribution in [-0.4, -0.2) is 23.1 Å². The summed E-state index contributed by atoms with van der Waals surface area (Å²) < 4.78 is 11.5. The zero-order valence-electron chi connectivity index (χ0n) is 14.4. The predicted molar refractivity (Wildman–Crippen MR) is 96.1 cm³/mol. The SMILES string of the molecule is Cc1noc2c1-c1ccc3c(c1OC2)C(c1ccccc1)N(C)C(=O)N3. The number of nitrogens with one attached hydrogen (secondary N) is 1. The van der Waals surface area contributed by atoms with E-state index in [-0.39, 0.29) is 12.1 Å². The van der Waals surface area contributed by atoms with Crippen LogP contribution in [0.15, 0.2) is 47.0 Å². The van der Waals surface area contributed by atoms with E-state index in [4.69, 9.17) is 9.26 Å². The molecule has 0 spiro atoms. The van der Waals surface area contributed by atoms with Crippen molar-refractivity contribution in [2.45, 2.75) is 19.6 Å². The molecule has 1 aromatic heterocycles. The first-order valence-electron chi connectivity index (χ1n) is 8.49. The summed E-state index contributed by atoms with van der Waals surface area (Å²) in [7, 11) is 1.80. The smallest absolute Gasteiger partial charge is 0.322 e. The molecule has 0 fully saturated rings. The third-order valence-electron chi connectivity index (χ3n) is 5.08. The van der Waals surface area contributed by atoms with Gasteiger partial charge in [-0.1, -0.05) is 35.5 Å². The van der Waals surface area contributed by atoms with Gasteiger partial charge < -0.3 is 19.5 Å². The zero-order valence-corrected chi connectivity index (χ0v) is 14.4. The zero-order chi connectivity index (χ0) is 17.8. The number of anilines is 1. The number of benzene rings is 2. The van der Waals surface area contributed by atoms with Crippen LogP contribution in [0.25, 0.3) is 11.1 Å². The molecule has 26 heavy (non-hydrogen) atoms. The van der Waals surface area contributed by atoms with E-state index in [1.165, 1.54) is 0 Å². The topological polar surface area (TPSA) is 67.6 Å². The summed E-state index contributed by atoms with van der Waals surface area (Å²) in [4.78, 5) is 14.2. The molecular weight excluding hydrogens is 330 g/mol. The fraction of sp³-hybridized carbons (Fsp3) is 0.200. The van der Waals surface area contributed by atoms with E-state index in [0.29, 0.717) is 6.61 Å². The number of aryl methyl sites for hydroxylation is 1. The monoisotopic (exact) mass is 347 g/mol. The average molecular weight is 347 g/mol. The van der Waals surface area contributed by atoms with Gasteiger partial charge in [-0.3, -0.25) is 0 Å². The minimum atomic E-state index is -0.225. The number of carbonyl (C=O) groups excluding carboxylic acids is 1. The Balaban J connectivity index is 1.78. The van der Waals surface area contributed by atoms with Gasteiger partial charge in [0.15, 0.2) is 5.76 Å². The van der Waals surface area contributed by atoms with Crippen molar-refractivity contribution < 1.29 is 14.1 Å².